The summed E-state index contributed by atoms with van der Waals surface area (Å²) in [6, 6.07) is 7.79. The molecule has 0 saturated heterocycles. The number of ether oxygens (including phenoxy) is 2. The minimum atomic E-state index is 0.498. The van der Waals surface area contributed by atoms with E-state index in [0.717, 1.165) is 24.6 Å². The Kier molecular flexibility index (Phi) is 7.13. The van der Waals surface area contributed by atoms with Crippen molar-refractivity contribution in [2.24, 2.45) is 0 Å². The summed E-state index contributed by atoms with van der Waals surface area (Å²) in [6.07, 6.45) is 0. The second kappa shape index (κ2) is 8.38. The minimum Gasteiger partial charge on any atom is -0.490 e. The van der Waals surface area contributed by atoms with Gasteiger partial charge in [-0.15, -0.1) is 0 Å². The van der Waals surface area contributed by atoms with Crippen LogP contribution in [0.15, 0.2) is 24.3 Å². The monoisotopic (exact) mass is 315 g/mol. The molecule has 1 unspecified atom stereocenters. The maximum Gasteiger partial charge on any atom is 0.161 e. The summed E-state index contributed by atoms with van der Waals surface area (Å²) >= 11 is 3.54. The van der Waals surface area contributed by atoms with Gasteiger partial charge in [0, 0.05) is 17.9 Å². The van der Waals surface area contributed by atoms with E-state index < -0.39 is 0 Å². The molecule has 0 fully saturated rings. The van der Waals surface area contributed by atoms with Crippen molar-refractivity contribution in [3.63, 3.8) is 0 Å². The van der Waals surface area contributed by atoms with Gasteiger partial charge in [-0.25, -0.2) is 0 Å². The molecule has 1 aromatic carbocycles. The summed E-state index contributed by atoms with van der Waals surface area (Å²) < 4.78 is 11.3. The van der Waals surface area contributed by atoms with Gasteiger partial charge in [0.25, 0.3) is 0 Å². The van der Waals surface area contributed by atoms with Crippen molar-refractivity contribution in [2.75, 3.05) is 33.4 Å². The Bertz CT molecular complexity index is 344. The van der Waals surface area contributed by atoms with Crippen LogP contribution in [0.4, 0.5) is 0 Å². The van der Waals surface area contributed by atoms with Gasteiger partial charge in [-0.1, -0.05) is 35.0 Å². The zero-order valence-electron chi connectivity index (χ0n) is 11.4. The van der Waals surface area contributed by atoms with Gasteiger partial charge in [-0.05, 0) is 26.1 Å². The Morgan fingerprint density at radius 1 is 1.22 bits per heavy atom. The highest BCUT2D eigenvalue weighted by Crippen LogP contribution is 2.26. The van der Waals surface area contributed by atoms with Crippen LogP contribution in [-0.2, 0) is 0 Å². The molecule has 0 saturated carbocycles. The molecule has 18 heavy (non-hydrogen) atoms. The van der Waals surface area contributed by atoms with Crippen molar-refractivity contribution >= 4 is 15.9 Å². The van der Waals surface area contributed by atoms with Crippen LogP contribution in [0, 0.1) is 0 Å². The molecule has 1 atom stereocenters. The fourth-order valence-electron chi connectivity index (χ4n) is 1.68. The highest BCUT2D eigenvalue weighted by Gasteiger charge is 2.05. The molecule has 0 bridgehead atoms. The largest absolute Gasteiger partial charge is 0.490 e. The average Bonchev–Trinajstić information content (AvgIpc) is 2.30. The van der Waals surface area contributed by atoms with Gasteiger partial charge in [0.15, 0.2) is 11.5 Å². The Labute approximate surface area is 118 Å². The quantitative estimate of drug-likeness (QED) is 0.688. The molecule has 0 aromatic heterocycles. The van der Waals surface area contributed by atoms with E-state index in [1.165, 1.54) is 0 Å². The highest BCUT2D eigenvalue weighted by atomic mass is 79.9. The molecule has 102 valence electrons. The summed E-state index contributed by atoms with van der Waals surface area (Å²) in [5.41, 5.74) is 0. The number of alkyl halides is 1. The number of likely N-dealkylation sites (N-methyl/N-ethyl adjacent to an activating group) is 1. The van der Waals surface area contributed by atoms with Crippen LogP contribution in [0.25, 0.3) is 0 Å². The first-order valence-electron chi connectivity index (χ1n) is 6.30. The molecular weight excluding hydrogens is 294 g/mol. The Morgan fingerprint density at radius 2 is 1.83 bits per heavy atom. The fraction of sp³-hybridized carbons (Fsp3) is 0.571. The normalized spacial score (nSPS) is 12.5. The van der Waals surface area contributed by atoms with E-state index in [9.17, 15) is 0 Å². The lowest BCUT2D eigenvalue weighted by atomic mass is 10.3. The van der Waals surface area contributed by atoms with E-state index in [1.807, 2.05) is 31.2 Å². The van der Waals surface area contributed by atoms with Gasteiger partial charge < -0.3 is 14.4 Å². The Morgan fingerprint density at radius 3 is 2.39 bits per heavy atom. The second-order valence-corrected chi connectivity index (χ2v) is 5.83. The first kappa shape index (κ1) is 15.3. The van der Waals surface area contributed by atoms with Crippen LogP contribution in [0.3, 0.4) is 0 Å². The maximum absolute atomic E-state index is 5.76. The van der Waals surface area contributed by atoms with Crippen LogP contribution >= 0.6 is 15.9 Å². The molecule has 0 aliphatic heterocycles. The fourth-order valence-corrected chi connectivity index (χ4v) is 2.17. The summed E-state index contributed by atoms with van der Waals surface area (Å²) in [7, 11) is 2.09. The minimum absolute atomic E-state index is 0.498. The van der Waals surface area contributed by atoms with Gasteiger partial charge in [-0.3, -0.25) is 0 Å². The van der Waals surface area contributed by atoms with Crippen LogP contribution < -0.4 is 9.47 Å². The van der Waals surface area contributed by atoms with E-state index in [1.54, 1.807) is 0 Å². The SMILES string of the molecule is CCOc1ccccc1OCCN(C)CC(C)Br. The van der Waals surface area contributed by atoms with Crippen LogP contribution in [0.5, 0.6) is 11.5 Å². The molecule has 0 aliphatic carbocycles. The first-order chi connectivity index (χ1) is 8.63. The number of para-hydroxylation sites is 2. The van der Waals surface area contributed by atoms with Gasteiger partial charge in [0.1, 0.15) is 6.61 Å². The van der Waals surface area contributed by atoms with Gasteiger partial charge in [0.2, 0.25) is 0 Å². The van der Waals surface area contributed by atoms with Crippen molar-refractivity contribution < 1.29 is 9.47 Å². The van der Waals surface area contributed by atoms with Gasteiger partial charge >= 0.3 is 0 Å². The standard InChI is InChI=1S/C14H22BrNO2/c1-4-17-13-7-5-6-8-14(13)18-10-9-16(3)11-12(2)15/h5-8,12H,4,9-11H2,1-3H3. The maximum atomic E-state index is 5.76. The summed E-state index contributed by atoms with van der Waals surface area (Å²) in [6.45, 7) is 7.35. The lowest BCUT2D eigenvalue weighted by Gasteiger charge is -2.18. The highest BCUT2D eigenvalue weighted by molar-refractivity contribution is 9.09. The van der Waals surface area contributed by atoms with Crippen molar-refractivity contribution in [3.8, 4) is 11.5 Å². The third-order valence-electron chi connectivity index (χ3n) is 2.44. The molecule has 0 radical (unpaired) electrons. The van der Waals surface area contributed by atoms with Crippen molar-refractivity contribution in [1.29, 1.82) is 0 Å². The number of halogens is 1. The van der Waals surface area contributed by atoms with Crippen molar-refractivity contribution in [2.45, 2.75) is 18.7 Å². The lowest BCUT2D eigenvalue weighted by Crippen LogP contribution is -2.28. The lowest BCUT2D eigenvalue weighted by molar-refractivity contribution is 0.228. The number of nitrogens with zero attached hydrogens (tertiary/aromatic N) is 1. The third-order valence-corrected chi connectivity index (χ3v) is 2.73. The predicted octanol–water partition coefficient (Wildman–Crippen LogP) is 3.18. The number of benzene rings is 1. The van der Waals surface area contributed by atoms with E-state index >= 15 is 0 Å². The topological polar surface area (TPSA) is 21.7 Å². The first-order valence-corrected chi connectivity index (χ1v) is 7.22. The summed E-state index contributed by atoms with van der Waals surface area (Å²) in [4.78, 5) is 2.74. The second-order valence-electron chi connectivity index (χ2n) is 4.27. The van der Waals surface area contributed by atoms with E-state index in [2.05, 4.69) is 34.8 Å². The molecule has 0 spiro atoms. The molecular formula is C14H22BrNO2. The molecule has 3 nitrogen and oxygen atoms in total. The average molecular weight is 316 g/mol. The van der Waals surface area contributed by atoms with Crippen molar-refractivity contribution in [1.82, 2.24) is 4.90 Å². The molecule has 0 heterocycles. The Hall–Kier alpha value is -0.740. The van der Waals surface area contributed by atoms with Gasteiger partial charge in [0.05, 0.1) is 6.61 Å². The van der Waals surface area contributed by atoms with Crippen LogP contribution in [0.1, 0.15) is 13.8 Å². The molecule has 0 N–H and O–H groups in total. The number of hydrogen-bond acceptors (Lipinski definition) is 3. The molecule has 4 heteroatoms. The van der Waals surface area contributed by atoms with E-state index in [4.69, 9.17) is 9.47 Å². The van der Waals surface area contributed by atoms with E-state index in [0.29, 0.717) is 18.0 Å². The van der Waals surface area contributed by atoms with Gasteiger partial charge in [-0.2, -0.15) is 0 Å². The van der Waals surface area contributed by atoms with E-state index in [-0.39, 0.29) is 0 Å². The zero-order chi connectivity index (χ0) is 13.4. The molecule has 1 rings (SSSR count). The summed E-state index contributed by atoms with van der Waals surface area (Å²) in [5.74, 6) is 1.64. The third kappa shape index (κ3) is 5.74. The smallest absolute Gasteiger partial charge is 0.161 e. The number of rotatable bonds is 8. The zero-order valence-corrected chi connectivity index (χ0v) is 12.9. The molecule has 0 aliphatic rings. The van der Waals surface area contributed by atoms with Crippen molar-refractivity contribution in [3.05, 3.63) is 24.3 Å². The summed E-state index contributed by atoms with van der Waals surface area (Å²) in [5, 5.41) is 0. The molecule has 1 aromatic rings. The molecule has 0 amide bonds. The van der Waals surface area contributed by atoms with Crippen LogP contribution in [0.2, 0.25) is 0 Å². The van der Waals surface area contributed by atoms with Crippen LogP contribution in [-0.4, -0.2) is 43.1 Å². The Balaban J connectivity index is 2.39. The number of hydrogen-bond donors (Lipinski definition) is 0. The predicted molar refractivity (Wildman–Crippen MR) is 79.0 cm³/mol.